The van der Waals surface area contributed by atoms with Gasteiger partial charge >= 0.3 is 5.97 Å². The number of carbonyl (C=O) groups excluding carboxylic acids is 4. The van der Waals surface area contributed by atoms with E-state index in [9.17, 15) is 34.2 Å². The highest BCUT2D eigenvalue weighted by Crippen LogP contribution is 2.20. The van der Waals surface area contributed by atoms with Crippen LogP contribution in [0.15, 0.2) is 54.6 Å². The predicted octanol–water partition coefficient (Wildman–Crippen LogP) is -0.185. The van der Waals surface area contributed by atoms with Gasteiger partial charge in [-0.05, 0) is 48.9 Å². The van der Waals surface area contributed by atoms with E-state index in [0.29, 0.717) is 12.0 Å². The van der Waals surface area contributed by atoms with Crippen molar-refractivity contribution in [1.29, 1.82) is 0 Å². The normalized spacial score (nSPS) is 16.9. The molecule has 2 aromatic rings. The van der Waals surface area contributed by atoms with Gasteiger partial charge in [0.05, 0.1) is 6.04 Å². The molecule has 8 N–H and O–H groups in total. The minimum Gasteiger partial charge on any atom is -0.508 e. The van der Waals surface area contributed by atoms with E-state index in [1.807, 2.05) is 30.3 Å². The van der Waals surface area contributed by atoms with Gasteiger partial charge in [-0.3, -0.25) is 19.2 Å². The zero-order valence-electron chi connectivity index (χ0n) is 22.0. The van der Waals surface area contributed by atoms with Gasteiger partial charge in [-0.1, -0.05) is 42.5 Å². The lowest BCUT2D eigenvalue weighted by atomic mass is 10.0. The smallest absolute Gasteiger partial charge is 0.326 e. The van der Waals surface area contributed by atoms with Crippen LogP contribution in [0.25, 0.3) is 0 Å². The number of hydrogen-bond donors (Lipinski definition) is 6. The number of primary amides is 1. The first-order valence-electron chi connectivity index (χ1n) is 13.0. The summed E-state index contributed by atoms with van der Waals surface area (Å²) in [6.07, 6.45) is 0.628. The molecule has 2 aromatic carbocycles. The lowest BCUT2D eigenvalue weighted by Gasteiger charge is -2.29. The zero-order valence-corrected chi connectivity index (χ0v) is 22.0. The molecular formula is C28H35N5O7. The highest BCUT2D eigenvalue weighted by Gasteiger charge is 2.38. The van der Waals surface area contributed by atoms with Gasteiger partial charge in [0, 0.05) is 19.4 Å². The molecule has 214 valence electrons. The molecule has 4 unspecified atom stereocenters. The summed E-state index contributed by atoms with van der Waals surface area (Å²) in [5.74, 6) is -3.78. The molecule has 0 aliphatic carbocycles. The van der Waals surface area contributed by atoms with Gasteiger partial charge < -0.3 is 37.2 Å². The van der Waals surface area contributed by atoms with Crippen LogP contribution in [0.2, 0.25) is 0 Å². The molecule has 1 aliphatic heterocycles. The molecule has 0 radical (unpaired) electrons. The van der Waals surface area contributed by atoms with E-state index in [-0.39, 0.29) is 44.4 Å². The summed E-state index contributed by atoms with van der Waals surface area (Å²) in [5.41, 5.74) is 12.8. The number of phenolic OH excluding ortho intramolecular Hbond substituents is 1. The van der Waals surface area contributed by atoms with Crippen LogP contribution in [0.1, 0.15) is 36.8 Å². The van der Waals surface area contributed by atoms with Gasteiger partial charge in [0.2, 0.25) is 23.6 Å². The molecule has 0 aromatic heterocycles. The van der Waals surface area contributed by atoms with Crippen molar-refractivity contribution in [3.05, 3.63) is 65.7 Å². The predicted molar refractivity (Wildman–Crippen MR) is 145 cm³/mol. The Hall–Kier alpha value is -4.45. The van der Waals surface area contributed by atoms with Crippen molar-refractivity contribution in [3.63, 3.8) is 0 Å². The van der Waals surface area contributed by atoms with Crippen LogP contribution in [0.4, 0.5) is 0 Å². The first-order chi connectivity index (χ1) is 19.0. The van der Waals surface area contributed by atoms with Crippen LogP contribution in [0.3, 0.4) is 0 Å². The fourth-order valence-corrected chi connectivity index (χ4v) is 4.62. The van der Waals surface area contributed by atoms with E-state index < -0.39 is 53.8 Å². The van der Waals surface area contributed by atoms with Gasteiger partial charge in [-0.25, -0.2) is 4.79 Å². The number of nitrogens with two attached hydrogens (primary N) is 2. The Morgan fingerprint density at radius 1 is 0.900 bits per heavy atom. The maximum Gasteiger partial charge on any atom is 0.326 e. The van der Waals surface area contributed by atoms with E-state index in [1.54, 1.807) is 12.1 Å². The largest absolute Gasteiger partial charge is 0.508 e. The summed E-state index contributed by atoms with van der Waals surface area (Å²) in [6, 6.07) is 10.8. The minimum absolute atomic E-state index is 0.00804. The van der Waals surface area contributed by atoms with E-state index in [2.05, 4.69) is 10.6 Å². The Morgan fingerprint density at radius 2 is 1.52 bits per heavy atom. The average molecular weight is 554 g/mol. The lowest BCUT2D eigenvalue weighted by Crippen LogP contribution is -2.58. The van der Waals surface area contributed by atoms with Crippen LogP contribution in [-0.2, 0) is 36.8 Å². The highest BCUT2D eigenvalue weighted by molar-refractivity contribution is 5.94. The second-order valence-corrected chi connectivity index (χ2v) is 9.82. The number of carboxylic acids is 1. The highest BCUT2D eigenvalue weighted by atomic mass is 16.4. The Balaban J connectivity index is 1.80. The van der Waals surface area contributed by atoms with Gasteiger partial charge in [0.1, 0.15) is 23.9 Å². The molecule has 12 nitrogen and oxygen atoms in total. The van der Waals surface area contributed by atoms with Crippen molar-refractivity contribution < 1.29 is 34.2 Å². The number of aromatic hydroxyl groups is 1. The second kappa shape index (κ2) is 14.1. The quantitative estimate of drug-likeness (QED) is 0.196. The SMILES string of the molecule is NC(=O)CCC(NC(=O)C(Cc1ccc(O)cc1)NC(=O)C(N)Cc1ccccc1)C(=O)N1CCCC1C(=O)O. The summed E-state index contributed by atoms with van der Waals surface area (Å²) in [7, 11) is 0. The second-order valence-electron chi connectivity index (χ2n) is 9.82. The number of aliphatic carboxylic acids is 1. The molecule has 1 fully saturated rings. The first-order valence-corrected chi connectivity index (χ1v) is 13.0. The summed E-state index contributed by atoms with van der Waals surface area (Å²) in [6.45, 7) is 0.195. The number of hydrogen-bond acceptors (Lipinski definition) is 7. The summed E-state index contributed by atoms with van der Waals surface area (Å²) in [4.78, 5) is 64.1. The van der Waals surface area contributed by atoms with Gasteiger partial charge in [-0.15, -0.1) is 0 Å². The van der Waals surface area contributed by atoms with Crippen molar-refractivity contribution in [2.45, 2.75) is 62.7 Å². The number of nitrogens with one attached hydrogen (secondary N) is 2. The van der Waals surface area contributed by atoms with Crippen LogP contribution in [0.5, 0.6) is 5.75 Å². The van der Waals surface area contributed by atoms with E-state index >= 15 is 0 Å². The standard InChI is InChI=1S/C28H35N5O7/c29-20(15-17-5-2-1-3-6-17)25(36)32-22(16-18-8-10-19(34)11-9-18)26(37)31-21(12-13-24(30)35)27(38)33-14-4-7-23(33)28(39)40/h1-3,5-6,8-11,20-23,34H,4,7,12-16,29H2,(H2,30,35)(H,31,37)(H,32,36)(H,39,40). The molecule has 1 aliphatic rings. The van der Waals surface area contributed by atoms with Crippen molar-refractivity contribution in [1.82, 2.24) is 15.5 Å². The van der Waals surface area contributed by atoms with Crippen LogP contribution >= 0.6 is 0 Å². The third-order valence-electron chi connectivity index (χ3n) is 6.76. The number of rotatable bonds is 13. The number of nitrogens with zero attached hydrogens (tertiary/aromatic N) is 1. The molecule has 40 heavy (non-hydrogen) atoms. The summed E-state index contributed by atoms with van der Waals surface area (Å²) in [5, 5.41) is 24.4. The molecule has 3 rings (SSSR count). The molecule has 0 saturated carbocycles. The van der Waals surface area contributed by atoms with Crippen molar-refractivity contribution in [3.8, 4) is 5.75 Å². The van der Waals surface area contributed by atoms with Crippen LogP contribution < -0.4 is 22.1 Å². The van der Waals surface area contributed by atoms with Crippen LogP contribution in [0, 0.1) is 0 Å². The molecule has 1 heterocycles. The molecule has 4 atom stereocenters. The number of amides is 4. The Bertz CT molecular complexity index is 1210. The number of phenols is 1. The number of carboxylic acid groups (broad SMARTS) is 1. The van der Waals surface area contributed by atoms with Gasteiger partial charge in [0.25, 0.3) is 0 Å². The Labute approximate surface area is 231 Å². The third kappa shape index (κ3) is 8.53. The van der Waals surface area contributed by atoms with Gasteiger partial charge in [0.15, 0.2) is 0 Å². The third-order valence-corrected chi connectivity index (χ3v) is 6.76. The maximum absolute atomic E-state index is 13.5. The monoisotopic (exact) mass is 553 g/mol. The van der Waals surface area contributed by atoms with Crippen LogP contribution in [-0.4, -0.2) is 75.4 Å². The first kappa shape index (κ1) is 30.1. The van der Waals surface area contributed by atoms with Gasteiger partial charge in [-0.2, -0.15) is 0 Å². The molecular weight excluding hydrogens is 518 g/mol. The molecule has 1 saturated heterocycles. The Morgan fingerprint density at radius 3 is 2.15 bits per heavy atom. The van der Waals surface area contributed by atoms with E-state index in [0.717, 1.165) is 5.56 Å². The van der Waals surface area contributed by atoms with Crippen molar-refractivity contribution in [2.24, 2.45) is 11.5 Å². The zero-order chi connectivity index (χ0) is 29.2. The fourth-order valence-electron chi connectivity index (χ4n) is 4.62. The molecule has 4 amide bonds. The fraction of sp³-hybridized carbons (Fsp3) is 0.393. The topological polar surface area (TPSA) is 205 Å². The molecule has 0 bridgehead atoms. The van der Waals surface area contributed by atoms with E-state index in [1.165, 1.54) is 17.0 Å². The summed E-state index contributed by atoms with van der Waals surface area (Å²) >= 11 is 0. The number of carbonyl (C=O) groups is 5. The maximum atomic E-state index is 13.5. The van der Waals surface area contributed by atoms with Crippen molar-refractivity contribution in [2.75, 3.05) is 6.54 Å². The summed E-state index contributed by atoms with van der Waals surface area (Å²) < 4.78 is 0. The Kier molecular flexibility index (Phi) is 10.6. The number of benzene rings is 2. The molecule has 12 heteroatoms. The van der Waals surface area contributed by atoms with Crippen molar-refractivity contribution >= 4 is 29.6 Å². The minimum atomic E-state index is -1.24. The van der Waals surface area contributed by atoms with E-state index in [4.69, 9.17) is 11.5 Å². The molecule has 0 spiro atoms. The number of likely N-dealkylation sites (tertiary alicyclic amines) is 1. The lowest BCUT2D eigenvalue weighted by molar-refractivity contribution is -0.149. The average Bonchev–Trinajstić information content (AvgIpc) is 3.42.